The maximum Gasteiger partial charge on any atom is 0.179 e. The van der Waals surface area contributed by atoms with Gasteiger partial charge in [0.05, 0.1) is 18.8 Å². The van der Waals surface area contributed by atoms with Crippen LogP contribution in [0.1, 0.15) is 50.8 Å². The van der Waals surface area contributed by atoms with E-state index in [9.17, 15) is 9.90 Å². The number of carbonyl (C=O) groups excluding carboxylic acids is 1. The lowest BCUT2D eigenvalue weighted by Crippen LogP contribution is -3.19. The Morgan fingerprint density at radius 3 is 2.83 bits per heavy atom. The van der Waals surface area contributed by atoms with Crippen LogP contribution in [0.2, 0.25) is 0 Å². The van der Waals surface area contributed by atoms with Gasteiger partial charge < -0.3 is 19.8 Å². The summed E-state index contributed by atoms with van der Waals surface area (Å²) in [6, 6.07) is 8.18. The number of aliphatic carboxylic acids is 1. The van der Waals surface area contributed by atoms with Crippen molar-refractivity contribution in [3.05, 3.63) is 35.5 Å². The summed E-state index contributed by atoms with van der Waals surface area (Å²) >= 11 is 0. The average molecular weight is 326 g/mol. The quantitative estimate of drug-likeness (QED) is 0.885. The number of fused-ring (bicyclic) bond motifs is 5. The number of nitrogens with one attached hydrogen (secondary N) is 2. The van der Waals surface area contributed by atoms with Gasteiger partial charge in [-0.3, -0.25) is 0 Å². The van der Waals surface area contributed by atoms with Gasteiger partial charge in [0.1, 0.15) is 5.97 Å². The Bertz CT molecular complexity index is 796. The zero-order valence-electron chi connectivity index (χ0n) is 14.6. The lowest BCUT2D eigenvalue weighted by molar-refractivity contribution is -0.944. The van der Waals surface area contributed by atoms with Crippen LogP contribution in [0.25, 0.3) is 10.9 Å². The molecule has 1 fully saturated rings. The molecule has 2 N–H and O–H groups in total. The van der Waals surface area contributed by atoms with Crippen LogP contribution in [0, 0.1) is 5.41 Å². The zero-order chi connectivity index (χ0) is 16.9. The second kappa shape index (κ2) is 5.35. The third kappa shape index (κ3) is 1.92. The highest BCUT2D eigenvalue weighted by molar-refractivity contribution is 5.88. The number of aromatic amines is 1. The molecule has 0 saturated carbocycles. The van der Waals surface area contributed by atoms with Gasteiger partial charge in [0, 0.05) is 29.2 Å². The molecule has 2 aromatic rings. The Labute approximate surface area is 142 Å². The molecule has 4 rings (SSSR count). The Hall–Kier alpha value is -1.81. The molecule has 128 valence electrons. The summed E-state index contributed by atoms with van der Waals surface area (Å²) in [5.41, 5.74) is 2.37. The van der Waals surface area contributed by atoms with E-state index in [1.54, 1.807) is 0 Å². The van der Waals surface area contributed by atoms with Crippen molar-refractivity contribution in [1.29, 1.82) is 0 Å². The van der Waals surface area contributed by atoms with E-state index in [0.29, 0.717) is 6.42 Å². The van der Waals surface area contributed by atoms with Gasteiger partial charge in [-0.05, 0) is 24.5 Å². The fourth-order valence-electron chi connectivity index (χ4n) is 5.47. The summed E-state index contributed by atoms with van der Waals surface area (Å²) in [6.07, 6.45) is 4.87. The molecule has 2 aliphatic rings. The highest BCUT2D eigenvalue weighted by Crippen LogP contribution is 2.46. The molecule has 1 aromatic heterocycles. The average Bonchev–Trinajstić information content (AvgIpc) is 3.12. The molecule has 4 heteroatoms. The molecule has 1 saturated heterocycles. The van der Waals surface area contributed by atoms with Gasteiger partial charge in [0.15, 0.2) is 5.54 Å². The number of aromatic nitrogens is 1. The number of benzene rings is 1. The van der Waals surface area contributed by atoms with Crippen LogP contribution in [0.4, 0.5) is 0 Å². The second-order valence-corrected chi connectivity index (χ2v) is 7.78. The number of carbonyl (C=O) groups is 1. The molecule has 0 spiro atoms. The maximum atomic E-state index is 12.5. The third-order valence-corrected chi connectivity index (χ3v) is 6.63. The van der Waals surface area contributed by atoms with E-state index in [4.69, 9.17) is 0 Å². The summed E-state index contributed by atoms with van der Waals surface area (Å²) in [6.45, 7) is 6.24. The van der Waals surface area contributed by atoms with Gasteiger partial charge in [-0.1, -0.05) is 38.5 Å². The summed E-state index contributed by atoms with van der Waals surface area (Å²) in [7, 11) is 0. The number of H-pyrrole nitrogens is 1. The minimum absolute atomic E-state index is 0.114. The van der Waals surface area contributed by atoms with Gasteiger partial charge >= 0.3 is 0 Å². The maximum absolute atomic E-state index is 12.5. The summed E-state index contributed by atoms with van der Waals surface area (Å²) in [5.74, 6) is -0.906. The van der Waals surface area contributed by atoms with Crippen molar-refractivity contribution in [3.8, 4) is 0 Å². The number of rotatable bonds is 4. The standard InChI is InChI=1S/C20H26N2O2/c1-3-10-19(4-2)12-20(18(23)24)17-15(9-11-22(20)13-19)14-7-5-6-8-16(14)21-17/h5-8,21H,3-4,9-13H2,1-2H3,(H,23,24)/t19-,20+/m0/s1. The zero-order valence-corrected chi connectivity index (χ0v) is 14.6. The van der Waals surface area contributed by atoms with Gasteiger partial charge in [-0.15, -0.1) is 0 Å². The van der Waals surface area contributed by atoms with Gasteiger partial charge in [-0.25, -0.2) is 0 Å². The number of hydrogen-bond acceptors (Lipinski definition) is 2. The molecular formula is C20H26N2O2. The molecular weight excluding hydrogens is 300 g/mol. The second-order valence-electron chi connectivity index (χ2n) is 7.78. The topological polar surface area (TPSA) is 60.4 Å². The molecule has 3 atom stereocenters. The van der Waals surface area contributed by atoms with Crippen LogP contribution in [0.5, 0.6) is 0 Å². The third-order valence-electron chi connectivity index (χ3n) is 6.63. The van der Waals surface area contributed by atoms with Crippen LogP contribution in [0.3, 0.4) is 0 Å². The summed E-state index contributed by atoms with van der Waals surface area (Å²) in [4.78, 5) is 17.1. The van der Waals surface area contributed by atoms with E-state index in [0.717, 1.165) is 50.0 Å². The predicted molar refractivity (Wildman–Crippen MR) is 91.6 cm³/mol. The van der Waals surface area contributed by atoms with Crippen molar-refractivity contribution < 1.29 is 14.8 Å². The number of carboxylic acids is 1. The molecule has 3 heterocycles. The smallest absolute Gasteiger partial charge is 0.179 e. The van der Waals surface area contributed by atoms with Crippen LogP contribution in [-0.4, -0.2) is 24.0 Å². The van der Waals surface area contributed by atoms with Crippen molar-refractivity contribution in [2.75, 3.05) is 13.1 Å². The van der Waals surface area contributed by atoms with E-state index >= 15 is 0 Å². The highest BCUT2D eigenvalue weighted by atomic mass is 16.4. The first-order valence-corrected chi connectivity index (χ1v) is 9.23. The lowest BCUT2D eigenvalue weighted by atomic mass is 9.73. The molecule has 0 amide bonds. The first kappa shape index (κ1) is 15.7. The summed E-state index contributed by atoms with van der Waals surface area (Å²) in [5, 5.41) is 13.6. The number of quaternary nitrogens is 1. The van der Waals surface area contributed by atoms with E-state index in [2.05, 4.69) is 24.9 Å². The minimum Gasteiger partial charge on any atom is -0.543 e. The van der Waals surface area contributed by atoms with Crippen molar-refractivity contribution in [2.24, 2.45) is 5.41 Å². The Kier molecular flexibility index (Phi) is 3.50. The van der Waals surface area contributed by atoms with Crippen LogP contribution >= 0.6 is 0 Å². The fraction of sp³-hybridized carbons (Fsp3) is 0.550. The van der Waals surface area contributed by atoms with E-state index < -0.39 is 11.5 Å². The van der Waals surface area contributed by atoms with Crippen molar-refractivity contribution in [2.45, 2.75) is 51.5 Å². The normalized spacial score (nSPS) is 31.8. The molecule has 24 heavy (non-hydrogen) atoms. The van der Waals surface area contributed by atoms with E-state index in [1.807, 2.05) is 18.2 Å². The van der Waals surface area contributed by atoms with E-state index in [-0.39, 0.29) is 5.41 Å². The number of para-hydroxylation sites is 1. The van der Waals surface area contributed by atoms with Crippen LogP contribution in [0.15, 0.2) is 24.3 Å². The first-order chi connectivity index (χ1) is 11.6. The van der Waals surface area contributed by atoms with Crippen LogP contribution in [-0.2, 0) is 16.8 Å². The monoisotopic (exact) mass is 326 g/mol. The van der Waals surface area contributed by atoms with Crippen molar-refractivity contribution in [3.63, 3.8) is 0 Å². The summed E-state index contributed by atoms with van der Waals surface area (Å²) < 4.78 is 0. The predicted octanol–water partition coefficient (Wildman–Crippen LogP) is 1.15. The first-order valence-electron chi connectivity index (χ1n) is 9.23. The van der Waals surface area contributed by atoms with Gasteiger partial charge in [0.2, 0.25) is 0 Å². The number of hydrogen-bond donors (Lipinski definition) is 2. The minimum atomic E-state index is -0.906. The largest absolute Gasteiger partial charge is 0.543 e. The Morgan fingerprint density at radius 2 is 2.12 bits per heavy atom. The number of carboxylic acid groups (broad SMARTS) is 1. The van der Waals surface area contributed by atoms with Gasteiger partial charge in [-0.2, -0.15) is 0 Å². The van der Waals surface area contributed by atoms with Gasteiger partial charge in [0.25, 0.3) is 0 Å². The molecule has 0 aliphatic carbocycles. The SMILES string of the molecule is CCC[C@]1(CC)C[NH+]2CCc3c([nH]c4ccccc34)[C@@]2(C(=O)[O-])C1. The Balaban J connectivity index is 1.92. The van der Waals surface area contributed by atoms with Crippen LogP contribution < -0.4 is 10.0 Å². The lowest BCUT2D eigenvalue weighted by Gasteiger charge is -2.39. The fourth-order valence-corrected chi connectivity index (χ4v) is 5.47. The molecule has 4 nitrogen and oxygen atoms in total. The molecule has 2 aliphatic heterocycles. The van der Waals surface area contributed by atoms with Crippen molar-refractivity contribution in [1.82, 2.24) is 4.98 Å². The molecule has 0 bridgehead atoms. The molecule has 1 aromatic carbocycles. The highest BCUT2D eigenvalue weighted by Gasteiger charge is 2.60. The van der Waals surface area contributed by atoms with Crippen molar-refractivity contribution >= 4 is 16.9 Å². The Morgan fingerprint density at radius 1 is 1.33 bits per heavy atom. The molecule has 0 radical (unpaired) electrons. The van der Waals surface area contributed by atoms with E-state index in [1.165, 1.54) is 15.8 Å². The molecule has 1 unspecified atom stereocenters.